The molecule has 0 bridgehead atoms. The van der Waals surface area contributed by atoms with Gasteiger partial charge in [-0.25, -0.2) is 0 Å². The molecule has 0 fully saturated rings. The minimum atomic E-state index is -4.43. The van der Waals surface area contributed by atoms with Crippen molar-refractivity contribution in [2.45, 2.75) is 19.5 Å². The summed E-state index contributed by atoms with van der Waals surface area (Å²) in [5.41, 5.74) is 1.47. The Labute approximate surface area is 184 Å². The molecule has 0 unspecified atom stereocenters. The van der Waals surface area contributed by atoms with Crippen LogP contribution in [0.5, 0.6) is 0 Å². The van der Waals surface area contributed by atoms with E-state index in [-0.39, 0.29) is 5.91 Å². The fourth-order valence-corrected chi connectivity index (χ4v) is 3.36. The predicted octanol–water partition coefficient (Wildman–Crippen LogP) is 6.11. The van der Waals surface area contributed by atoms with E-state index in [4.69, 9.17) is 0 Å². The first-order chi connectivity index (χ1) is 15.2. The molecule has 0 heterocycles. The van der Waals surface area contributed by atoms with Crippen LogP contribution < -0.4 is 5.32 Å². The van der Waals surface area contributed by atoms with Gasteiger partial charge in [-0.15, -0.1) is 0 Å². The van der Waals surface area contributed by atoms with Crippen LogP contribution >= 0.6 is 0 Å². The maximum atomic E-state index is 13.0. The molecule has 0 aliphatic heterocycles. The van der Waals surface area contributed by atoms with Crippen molar-refractivity contribution in [3.63, 3.8) is 0 Å². The number of nitrogens with zero attached hydrogens (tertiary/aromatic N) is 1. The van der Waals surface area contributed by atoms with Gasteiger partial charge in [-0.1, -0.05) is 43.3 Å². The molecule has 0 saturated carbocycles. The second-order valence-electron chi connectivity index (χ2n) is 7.38. The molecule has 0 radical (unpaired) electrons. The second kappa shape index (κ2) is 9.68. The number of amides is 2. The van der Waals surface area contributed by atoms with Crippen LogP contribution in [0.2, 0.25) is 0 Å². The molecule has 0 aliphatic carbocycles. The SMILES string of the molecule is CCCN(C)C(=O)c1cccc(NC(=O)c2ccccc2-c2ccc(C(F)(F)F)cc2)c1. The normalized spacial score (nSPS) is 11.2. The summed E-state index contributed by atoms with van der Waals surface area (Å²) in [6.07, 6.45) is -3.59. The van der Waals surface area contributed by atoms with Crippen LogP contribution in [0.15, 0.2) is 72.8 Å². The Morgan fingerprint density at radius 2 is 1.62 bits per heavy atom. The molecule has 0 aliphatic rings. The first-order valence-corrected chi connectivity index (χ1v) is 10.1. The number of alkyl halides is 3. The van der Waals surface area contributed by atoms with Gasteiger partial charge in [-0.3, -0.25) is 9.59 Å². The minimum Gasteiger partial charge on any atom is -0.342 e. The van der Waals surface area contributed by atoms with Gasteiger partial charge in [0, 0.05) is 30.4 Å². The number of rotatable bonds is 6. The topological polar surface area (TPSA) is 49.4 Å². The Hall–Kier alpha value is -3.61. The van der Waals surface area contributed by atoms with Crippen LogP contribution in [0.1, 0.15) is 39.6 Å². The van der Waals surface area contributed by atoms with Crippen molar-refractivity contribution in [1.29, 1.82) is 0 Å². The van der Waals surface area contributed by atoms with E-state index in [1.807, 2.05) is 6.92 Å². The quantitative estimate of drug-likeness (QED) is 0.503. The van der Waals surface area contributed by atoms with Crippen molar-refractivity contribution in [2.24, 2.45) is 0 Å². The van der Waals surface area contributed by atoms with Crippen LogP contribution in [0.25, 0.3) is 11.1 Å². The highest BCUT2D eigenvalue weighted by molar-refractivity contribution is 6.09. The number of anilines is 1. The number of benzene rings is 3. The number of halogens is 3. The van der Waals surface area contributed by atoms with E-state index in [2.05, 4.69) is 5.32 Å². The van der Waals surface area contributed by atoms with Crippen molar-refractivity contribution in [3.05, 3.63) is 89.5 Å². The fraction of sp³-hybridized carbons (Fsp3) is 0.200. The van der Waals surface area contributed by atoms with E-state index in [0.29, 0.717) is 34.5 Å². The molecule has 32 heavy (non-hydrogen) atoms. The van der Waals surface area contributed by atoms with Crippen LogP contribution in [-0.2, 0) is 6.18 Å². The van der Waals surface area contributed by atoms with Gasteiger partial charge in [-0.05, 0) is 53.9 Å². The highest BCUT2D eigenvalue weighted by Crippen LogP contribution is 2.32. The van der Waals surface area contributed by atoms with Gasteiger partial charge >= 0.3 is 6.18 Å². The lowest BCUT2D eigenvalue weighted by atomic mass is 9.98. The lowest BCUT2D eigenvalue weighted by Crippen LogP contribution is -2.27. The Kier molecular flexibility index (Phi) is 6.98. The minimum absolute atomic E-state index is 0.145. The average Bonchev–Trinajstić information content (AvgIpc) is 2.78. The standard InChI is InChI=1S/C25H23F3N2O2/c1-3-15-30(2)24(32)18-7-6-8-20(16-18)29-23(31)22-10-5-4-9-21(22)17-11-13-19(14-12-17)25(26,27)28/h4-14,16H,3,15H2,1-2H3,(H,29,31). The Morgan fingerprint density at radius 1 is 0.938 bits per heavy atom. The lowest BCUT2D eigenvalue weighted by Gasteiger charge is -2.17. The maximum Gasteiger partial charge on any atom is 0.416 e. The van der Waals surface area contributed by atoms with Gasteiger partial charge in [0.2, 0.25) is 0 Å². The third-order valence-electron chi connectivity index (χ3n) is 4.97. The molecule has 0 saturated heterocycles. The number of nitrogens with one attached hydrogen (secondary N) is 1. The van der Waals surface area contributed by atoms with E-state index in [1.54, 1.807) is 60.5 Å². The monoisotopic (exact) mass is 440 g/mol. The van der Waals surface area contributed by atoms with Gasteiger partial charge in [0.15, 0.2) is 0 Å². The summed E-state index contributed by atoms with van der Waals surface area (Å²) in [5, 5.41) is 2.78. The van der Waals surface area contributed by atoms with Gasteiger partial charge in [-0.2, -0.15) is 13.2 Å². The second-order valence-corrected chi connectivity index (χ2v) is 7.38. The molecule has 1 N–H and O–H groups in total. The largest absolute Gasteiger partial charge is 0.416 e. The molecule has 2 amide bonds. The first kappa shape index (κ1) is 23.1. The maximum absolute atomic E-state index is 13.0. The molecule has 7 heteroatoms. The van der Waals surface area contributed by atoms with Gasteiger partial charge in [0.25, 0.3) is 11.8 Å². The zero-order valence-corrected chi connectivity index (χ0v) is 17.7. The van der Waals surface area contributed by atoms with Crippen molar-refractivity contribution in [2.75, 3.05) is 18.9 Å². The van der Waals surface area contributed by atoms with Crippen molar-refractivity contribution >= 4 is 17.5 Å². The van der Waals surface area contributed by atoms with E-state index >= 15 is 0 Å². The number of carbonyl (C=O) groups is 2. The summed E-state index contributed by atoms with van der Waals surface area (Å²) in [4.78, 5) is 27.1. The molecule has 166 valence electrons. The molecule has 0 atom stereocenters. The molecule has 3 aromatic carbocycles. The van der Waals surface area contributed by atoms with E-state index in [0.717, 1.165) is 18.6 Å². The Balaban J connectivity index is 1.84. The molecular weight excluding hydrogens is 417 g/mol. The van der Waals surface area contributed by atoms with Crippen LogP contribution in [0.3, 0.4) is 0 Å². The van der Waals surface area contributed by atoms with Crippen molar-refractivity contribution in [3.8, 4) is 11.1 Å². The summed E-state index contributed by atoms with van der Waals surface area (Å²) in [7, 11) is 1.72. The van der Waals surface area contributed by atoms with Gasteiger partial charge in [0.1, 0.15) is 0 Å². The summed E-state index contributed by atoms with van der Waals surface area (Å²) in [6.45, 7) is 2.60. The zero-order chi connectivity index (χ0) is 23.3. The van der Waals surface area contributed by atoms with E-state index in [1.165, 1.54) is 12.1 Å². The summed E-state index contributed by atoms with van der Waals surface area (Å²) in [5.74, 6) is -0.569. The van der Waals surface area contributed by atoms with E-state index in [9.17, 15) is 22.8 Å². The molecular formula is C25H23F3N2O2. The third kappa shape index (κ3) is 5.35. The highest BCUT2D eigenvalue weighted by Gasteiger charge is 2.30. The van der Waals surface area contributed by atoms with Gasteiger partial charge in [0.05, 0.1) is 5.56 Å². The highest BCUT2D eigenvalue weighted by atomic mass is 19.4. The van der Waals surface area contributed by atoms with E-state index < -0.39 is 17.6 Å². The lowest BCUT2D eigenvalue weighted by molar-refractivity contribution is -0.137. The summed E-state index contributed by atoms with van der Waals surface area (Å²) >= 11 is 0. The Bertz CT molecular complexity index is 1110. The van der Waals surface area contributed by atoms with Crippen LogP contribution in [0.4, 0.5) is 18.9 Å². The Morgan fingerprint density at radius 3 is 2.28 bits per heavy atom. The van der Waals surface area contributed by atoms with Crippen LogP contribution in [0, 0.1) is 0 Å². The van der Waals surface area contributed by atoms with Crippen molar-refractivity contribution in [1.82, 2.24) is 4.90 Å². The fourth-order valence-electron chi connectivity index (χ4n) is 3.36. The average molecular weight is 440 g/mol. The van der Waals surface area contributed by atoms with Crippen molar-refractivity contribution < 1.29 is 22.8 Å². The number of hydrogen-bond donors (Lipinski definition) is 1. The smallest absolute Gasteiger partial charge is 0.342 e. The first-order valence-electron chi connectivity index (χ1n) is 10.1. The number of carbonyl (C=O) groups excluding carboxylic acids is 2. The summed E-state index contributed by atoms with van der Waals surface area (Å²) in [6, 6.07) is 18.0. The molecule has 0 spiro atoms. The molecule has 3 rings (SSSR count). The zero-order valence-electron chi connectivity index (χ0n) is 17.7. The molecule has 0 aromatic heterocycles. The summed E-state index contributed by atoms with van der Waals surface area (Å²) < 4.78 is 38.6. The molecule has 4 nitrogen and oxygen atoms in total. The van der Waals surface area contributed by atoms with Crippen LogP contribution in [-0.4, -0.2) is 30.3 Å². The predicted molar refractivity (Wildman–Crippen MR) is 119 cm³/mol. The molecule has 3 aromatic rings. The number of hydrogen-bond acceptors (Lipinski definition) is 2. The third-order valence-corrected chi connectivity index (χ3v) is 4.97. The van der Waals surface area contributed by atoms with Gasteiger partial charge < -0.3 is 10.2 Å².